The van der Waals surface area contributed by atoms with Crippen molar-refractivity contribution in [3.05, 3.63) is 83.4 Å². The molecule has 2 unspecified atom stereocenters. The van der Waals surface area contributed by atoms with Gasteiger partial charge < -0.3 is 14.2 Å². The van der Waals surface area contributed by atoms with Gasteiger partial charge in [-0.1, -0.05) is 50.2 Å². The topological polar surface area (TPSA) is 50.6 Å². The molecule has 5 rings (SSSR count). The summed E-state index contributed by atoms with van der Waals surface area (Å²) in [5.74, 6) is 1.41. The lowest BCUT2D eigenvalue weighted by atomic mass is 10.0. The highest BCUT2D eigenvalue weighted by Gasteiger charge is 2.55. The van der Waals surface area contributed by atoms with Crippen LogP contribution in [0.1, 0.15) is 46.9 Å². The highest BCUT2D eigenvalue weighted by atomic mass is 19.4. The molecule has 1 saturated carbocycles. The molecule has 1 saturated heterocycles. The minimum absolute atomic E-state index is 0.187. The van der Waals surface area contributed by atoms with Gasteiger partial charge in [0.1, 0.15) is 11.4 Å². The van der Waals surface area contributed by atoms with Crippen LogP contribution >= 0.6 is 0 Å². The highest BCUT2D eigenvalue weighted by Crippen LogP contribution is 2.52. The Morgan fingerprint density at radius 2 is 1.82 bits per heavy atom. The van der Waals surface area contributed by atoms with Crippen LogP contribution in [0.15, 0.2) is 61.1 Å². The van der Waals surface area contributed by atoms with Crippen LogP contribution in [0.3, 0.4) is 0 Å². The summed E-state index contributed by atoms with van der Waals surface area (Å²) in [6.07, 6.45) is -1.53. The molecule has 2 aliphatic rings. The first-order valence-electron chi connectivity index (χ1n) is 13.0. The number of aromatic nitrogens is 2. The number of hydrogen-bond donors (Lipinski definition) is 0. The molecule has 1 aromatic heterocycles. The van der Waals surface area contributed by atoms with Crippen LogP contribution in [0, 0.1) is 17.8 Å². The monoisotopic (exact) mass is 526 g/mol. The maximum Gasteiger partial charge on any atom is 0.573 e. The third kappa shape index (κ3) is 6.20. The van der Waals surface area contributed by atoms with Crippen LogP contribution in [0.2, 0.25) is 0 Å². The second-order valence-electron chi connectivity index (χ2n) is 10.9. The van der Waals surface area contributed by atoms with Crippen LogP contribution in [-0.4, -0.2) is 51.3 Å². The molecule has 202 valence electrons. The smallest absolute Gasteiger partial charge is 0.406 e. The molecule has 6 nitrogen and oxygen atoms in total. The molecule has 1 aliphatic heterocycles. The molecule has 0 bridgehead atoms. The zero-order chi connectivity index (χ0) is 27.0. The van der Waals surface area contributed by atoms with Crippen LogP contribution < -0.4 is 4.74 Å². The molecule has 0 N–H and O–H groups in total. The predicted molar refractivity (Wildman–Crippen MR) is 137 cm³/mol. The first kappa shape index (κ1) is 26.3. The summed E-state index contributed by atoms with van der Waals surface area (Å²) >= 11 is 0. The maximum absolute atomic E-state index is 13.4. The van der Waals surface area contributed by atoms with Crippen molar-refractivity contribution in [2.45, 2.75) is 39.2 Å². The van der Waals surface area contributed by atoms with E-state index in [1.54, 1.807) is 35.1 Å². The lowest BCUT2D eigenvalue weighted by Gasteiger charge is -2.25. The van der Waals surface area contributed by atoms with E-state index >= 15 is 0 Å². The van der Waals surface area contributed by atoms with Crippen molar-refractivity contribution in [2.24, 2.45) is 24.8 Å². The molecule has 2 heterocycles. The normalized spacial score (nSPS) is 21.0. The third-order valence-electron chi connectivity index (χ3n) is 7.65. The van der Waals surface area contributed by atoms with Gasteiger partial charge in [-0.15, -0.1) is 13.2 Å². The SMILES string of the molecule is CC(C)c1ccc(CN2CC3C(C2)C3CN(Cc2cccc(OC(F)(F)F)c2)C(=O)c2cn(C)cn2)cc1. The lowest BCUT2D eigenvalue weighted by Crippen LogP contribution is -2.35. The van der Waals surface area contributed by atoms with Crippen molar-refractivity contribution < 1.29 is 22.7 Å². The number of aryl methyl sites for hydroxylation is 1. The number of carbonyl (C=O) groups is 1. The molecule has 2 atom stereocenters. The molecule has 1 aliphatic carbocycles. The summed E-state index contributed by atoms with van der Waals surface area (Å²) in [5, 5.41) is 0. The molecule has 2 aromatic carbocycles. The van der Waals surface area contributed by atoms with E-state index < -0.39 is 6.36 Å². The number of rotatable bonds is 9. The van der Waals surface area contributed by atoms with Crippen molar-refractivity contribution in [2.75, 3.05) is 19.6 Å². The minimum atomic E-state index is -4.77. The minimum Gasteiger partial charge on any atom is -0.406 e. The van der Waals surface area contributed by atoms with Gasteiger partial charge in [0.2, 0.25) is 0 Å². The fraction of sp³-hybridized carbons (Fsp3) is 0.448. The number of nitrogens with zero attached hydrogens (tertiary/aromatic N) is 4. The van der Waals surface area contributed by atoms with E-state index in [9.17, 15) is 18.0 Å². The number of hydrogen-bond acceptors (Lipinski definition) is 4. The van der Waals surface area contributed by atoms with Crippen LogP contribution in [-0.2, 0) is 20.1 Å². The zero-order valence-corrected chi connectivity index (χ0v) is 21.9. The van der Waals surface area contributed by atoms with Gasteiger partial charge in [0, 0.05) is 46.0 Å². The average molecular weight is 527 g/mol. The first-order valence-corrected chi connectivity index (χ1v) is 13.0. The number of fused-ring (bicyclic) bond motifs is 1. The van der Waals surface area contributed by atoms with Gasteiger partial charge in [-0.2, -0.15) is 0 Å². The molecular formula is C29H33F3N4O2. The first-order chi connectivity index (χ1) is 18.1. The van der Waals surface area contributed by atoms with Gasteiger partial charge >= 0.3 is 6.36 Å². The van der Waals surface area contributed by atoms with Gasteiger partial charge in [0.25, 0.3) is 5.91 Å². The van der Waals surface area contributed by atoms with E-state index in [1.807, 2.05) is 0 Å². The Bertz CT molecular complexity index is 1260. The third-order valence-corrected chi connectivity index (χ3v) is 7.65. The number of halogens is 3. The predicted octanol–water partition coefficient (Wildman–Crippen LogP) is 5.46. The van der Waals surface area contributed by atoms with E-state index in [2.05, 4.69) is 52.7 Å². The highest BCUT2D eigenvalue weighted by molar-refractivity contribution is 5.92. The number of piperidine rings is 1. The van der Waals surface area contributed by atoms with Crippen LogP contribution in [0.4, 0.5) is 13.2 Å². The molecule has 0 radical (unpaired) electrons. The Labute approximate surface area is 221 Å². The number of alkyl halides is 3. The van der Waals surface area contributed by atoms with Crippen molar-refractivity contribution >= 4 is 5.91 Å². The van der Waals surface area contributed by atoms with Crippen LogP contribution in [0.5, 0.6) is 5.75 Å². The second kappa shape index (κ2) is 10.4. The standard InChI is InChI=1S/C29H33F3N4O2/c1-19(2)22-9-7-20(8-10-22)12-35-14-24-25(15-35)26(24)16-36(28(37)27-17-34(3)18-33-27)13-21-5-4-6-23(11-21)38-29(30,31)32/h4-11,17-19,24-26H,12-16H2,1-3H3. The van der Waals surface area contributed by atoms with Crippen molar-refractivity contribution in [1.29, 1.82) is 0 Å². The number of carbonyl (C=O) groups excluding carboxylic acids is 1. The second-order valence-corrected chi connectivity index (χ2v) is 10.9. The van der Waals surface area contributed by atoms with Gasteiger partial charge in [0.05, 0.1) is 6.33 Å². The maximum atomic E-state index is 13.4. The number of imidazole rings is 1. The Morgan fingerprint density at radius 3 is 2.42 bits per heavy atom. The molecule has 3 aromatic rings. The molecule has 1 amide bonds. The summed E-state index contributed by atoms with van der Waals surface area (Å²) < 4.78 is 43.9. The quantitative estimate of drug-likeness (QED) is 0.372. The van der Waals surface area contributed by atoms with Crippen LogP contribution in [0.25, 0.3) is 0 Å². The average Bonchev–Trinajstić information content (AvgIpc) is 3.16. The molecular weight excluding hydrogens is 493 g/mol. The zero-order valence-electron chi connectivity index (χ0n) is 21.9. The van der Waals surface area contributed by atoms with Gasteiger partial charge in [-0.3, -0.25) is 9.69 Å². The van der Waals surface area contributed by atoms with Gasteiger partial charge in [-0.05, 0) is 52.5 Å². The van der Waals surface area contributed by atoms with Crippen molar-refractivity contribution in [1.82, 2.24) is 19.4 Å². The summed E-state index contributed by atoms with van der Waals surface area (Å²) in [4.78, 5) is 21.8. The van der Waals surface area contributed by atoms with Crippen molar-refractivity contribution in [3.8, 4) is 5.75 Å². The largest absolute Gasteiger partial charge is 0.573 e. The van der Waals surface area contributed by atoms with Crippen molar-refractivity contribution in [3.63, 3.8) is 0 Å². The summed E-state index contributed by atoms with van der Waals surface area (Å²) in [6.45, 7) is 8.01. The molecule has 9 heteroatoms. The number of benzene rings is 2. The fourth-order valence-electron chi connectivity index (χ4n) is 5.62. The fourth-order valence-corrected chi connectivity index (χ4v) is 5.62. The van der Waals surface area contributed by atoms with E-state index in [-0.39, 0.29) is 18.2 Å². The Balaban J connectivity index is 1.23. The number of ether oxygens (including phenoxy) is 1. The summed E-state index contributed by atoms with van der Waals surface area (Å²) in [5.41, 5.74) is 3.55. The van der Waals surface area contributed by atoms with E-state index in [4.69, 9.17) is 0 Å². The van der Waals surface area contributed by atoms with Gasteiger partial charge in [-0.25, -0.2) is 4.98 Å². The number of amides is 1. The number of likely N-dealkylation sites (tertiary alicyclic amines) is 1. The van der Waals surface area contributed by atoms with E-state index in [1.165, 1.54) is 29.3 Å². The Kier molecular flexibility index (Phi) is 7.22. The van der Waals surface area contributed by atoms with E-state index in [0.29, 0.717) is 41.5 Å². The Morgan fingerprint density at radius 1 is 1.11 bits per heavy atom. The molecule has 38 heavy (non-hydrogen) atoms. The molecule has 2 fully saturated rings. The van der Waals surface area contributed by atoms with Gasteiger partial charge in [0.15, 0.2) is 0 Å². The molecule has 0 spiro atoms. The van der Waals surface area contributed by atoms with E-state index in [0.717, 1.165) is 19.6 Å². The summed E-state index contributed by atoms with van der Waals surface area (Å²) in [7, 11) is 1.79. The summed E-state index contributed by atoms with van der Waals surface area (Å²) in [6, 6.07) is 14.6. The lowest BCUT2D eigenvalue weighted by molar-refractivity contribution is -0.274. The Hall–Kier alpha value is -3.33.